The van der Waals surface area contributed by atoms with Gasteiger partial charge in [-0.05, 0) is 5.92 Å². The van der Waals surface area contributed by atoms with E-state index in [9.17, 15) is 8.42 Å². The van der Waals surface area contributed by atoms with Crippen LogP contribution in [0.15, 0.2) is 5.38 Å². The van der Waals surface area contributed by atoms with Crippen LogP contribution in [0, 0.1) is 0 Å². The summed E-state index contributed by atoms with van der Waals surface area (Å²) in [7, 11) is -3.19. The molecule has 0 amide bonds. The SMILES string of the molecule is CC(C)c1csc(NS(C)(=O)=O)n1. The molecular weight excluding hydrogens is 208 g/mol. The Hall–Kier alpha value is -0.620. The van der Waals surface area contributed by atoms with Gasteiger partial charge in [-0.15, -0.1) is 11.3 Å². The van der Waals surface area contributed by atoms with Gasteiger partial charge >= 0.3 is 0 Å². The van der Waals surface area contributed by atoms with Crippen LogP contribution in [0.3, 0.4) is 0 Å². The van der Waals surface area contributed by atoms with Crippen molar-refractivity contribution in [1.82, 2.24) is 4.98 Å². The molecule has 1 aromatic rings. The van der Waals surface area contributed by atoms with Gasteiger partial charge in [0.15, 0.2) is 5.13 Å². The van der Waals surface area contributed by atoms with Crippen molar-refractivity contribution in [2.45, 2.75) is 19.8 Å². The minimum Gasteiger partial charge on any atom is -0.259 e. The smallest absolute Gasteiger partial charge is 0.231 e. The zero-order chi connectivity index (χ0) is 10.1. The predicted molar refractivity (Wildman–Crippen MR) is 54.7 cm³/mol. The second-order valence-electron chi connectivity index (χ2n) is 3.11. The average Bonchev–Trinajstić information content (AvgIpc) is 2.31. The topological polar surface area (TPSA) is 59.1 Å². The number of hydrogen-bond donors (Lipinski definition) is 1. The predicted octanol–water partition coefficient (Wildman–Crippen LogP) is 1.64. The molecule has 1 heterocycles. The molecule has 0 saturated heterocycles. The molecule has 0 aliphatic carbocycles. The molecule has 13 heavy (non-hydrogen) atoms. The Balaban J connectivity index is 2.81. The van der Waals surface area contributed by atoms with Crippen molar-refractivity contribution in [3.8, 4) is 0 Å². The normalized spacial score (nSPS) is 12.0. The third-order valence-corrected chi connectivity index (χ3v) is 2.86. The van der Waals surface area contributed by atoms with Gasteiger partial charge in [0.25, 0.3) is 0 Å². The Bertz CT molecular complexity index is 381. The zero-order valence-corrected chi connectivity index (χ0v) is 9.37. The van der Waals surface area contributed by atoms with Gasteiger partial charge in [0.05, 0.1) is 11.9 Å². The van der Waals surface area contributed by atoms with Crippen molar-refractivity contribution >= 4 is 26.5 Å². The maximum absolute atomic E-state index is 10.8. The van der Waals surface area contributed by atoms with E-state index in [1.165, 1.54) is 11.3 Å². The van der Waals surface area contributed by atoms with Crippen LogP contribution in [-0.2, 0) is 10.0 Å². The van der Waals surface area contributed by atoms with Gasteiger partial charge in [-0.25, -0.2) is 13.4 Å². The van der Waals surface area contributed by atoms with E-state index in [0.29, 0.717) is 11.0 Å². The standard InChI is InChI=1S/C7H12N2O2S2/c1-5(2)6-4-12-7(8-6)9-13(3,10)11/h4-5H,1-3H3,(H,8,9). The van der Waals surface area contributed by atoms with Crippen molar-refractivity contribution in [3.63, 3.8) is 0 Å². The fraction of sp³-hybridized carbons (Fsp3) is 0.571. The molecule has 0 atom stereocenters. The van der Waals surface area contributed by atoms with Gasteiger partial charge < -0.3 is 0 Å². The van der Waals surface area contributed by atoms with E-state index in [1.54, 1.807) is 0 Å². The summed E-state index contributed by atoms with van der Waals surface area (Å²) in [6.45, 7) is 4.03. The van der Waals surface area contributed by atoms with Crippen molar-refractivity contribution < 1.29 is 8.42 Å². The van der Waals surface area contributed by atoms with E-state index in [1.807, 2.05) is 19.2 Å². The molecule has 6 heteroatoms. The Labute approximate surface area is 82.1 Å². The van der Waals surface area contributed by atoms with E-state index in [2.05, 4.69) is 9.71 Å². The molecule has 0 bridgehead atoms. The minimum atomic E-state index is -3.19. The van der Waals surface area contributed by atoms with Crippen LogP contribution in [0.2, 0.25) is 0 Å². The quantitative estimate of drug-likeness (QED) is 0.842. The van der Waals surface area contributed by atoms with Crippen LogP contribution < -0.4 is 4.72 Å². The summed E-state index contributed by atoms with van der Waals surface area (Å²) >= 11 is 1.30. The first-order valence-electron chi connectivity index (χ1n) is 3.81. The van der Waals surface area contributed by atoms with Crippen LogP contribution >= 0.6 is 11.3 Å². The Kier molecular flexibility index (Phi) is 2.92. The fourth-order valence-corrected chi connectivity index (χ4v) is 2.48. The molecule has 1 N–H and O–H groups in total. The number of sulfonamides is 1. The highest BCUT2D eigenvalue weighted by molar-refractivity contribution is 7.92. The Morgan fingerprint density at radius 3 is 2.54 bits per heavy atom. The van der Waals surface area contributed by atoms with Gasteiger partial charge in [-0.1, -0.05) is 13.8 Å². The first-order valence-corrected chi connectivity index (χ1v) is 6.59. The summed E-state index contributed by atoms with van der Waals surface area (Å²) in [6.07, 6.45) is 1.11. The number of thiazole rings is 1. The number of rotatable bonds is 3. The lowest BCUT2D eigenvalue weighted by molar-refractivity contribution is 0.606. The zero-order valence-electron chi connectivity index (χ0n) is 7.73. The highest BCUT2D eigenvalue weighted by atomic mass is 32.2. The summed E-state index contributed by atoms with van der Waals surface area (Å²) < 4.78 is 24.0. The fourth-order valence-electron chi connectivity index (χ4n) is 0.757. The molecule has 0 spiro atoms. The van der Waals surface area contributed by atoms with E-state index in [0.717, 1.165) is 11.9 Å². The monoisotopic (exact) mass is 220 g/mol. The van der Waals surface area contributed by atoms with Crippen molar-refractivity contribution in [3.05, 3.63) is 11.1 Å². The third-order valence-electron chi connectivity index (χ3n) is 1.39. The number of aromatic nitrogens is 1. The Morgan fingerprint density at radius 1 is 1.54 bits per heavy atom. The molecule has 0 radical (unpaired) electrons. The molecule has 0 aromatic carbocycles. The van der Waals surface area contributed by atoms with Crippen molar-refractivity contribution in [2.24, 2.45) is 0 Å². The second kappa shape index (κ2) is 3.63. The largest absolute Gasteiger partial charge is 0.259 e. The van der Waals surface area contributed by atoms with E-state index < -0.39 is 10.0 Å². The highest BCUT2D eigenvalue weighted by Gasteiger charge is 2.08. The van der Waals surface area contributed by atoms with E-state index >= 15 is 0 Å². The van der Waals surface area contributed by atoms with Crippen LogP contribution in [0.25, 0.3) is 0 Å². The van der Waals surface area contributed by atoms with Crippen LogP contribution in [0.1, 0.15) is 25.5 Å². The Morgan fingerprint density at radius 2 is 2.15 bits per heavy atom. The molecule has 0 unspecified atom stereocenters. The molecule has 1 rings (SSSR count). The number of hydrogen-bond acceptors (Lipinski definition) is 4. The lowest BCUT2D eigenvalue weighted by atomic mass is 10.2. The van der Waals surface area contributed by atoms with Crippen LogP contribution in [0.4, 0.5) is 5.13 Å². The maximum Gasteiger partial charge on any atom is 0.231 e. The summed E-state index contributed by atoms with van der Waals surface area (Å²) in [5.41, 5.74) is 0.913. The molecule has 0 aliphatic heterocycles. The first-order chi connectivity index (χ1) is 5.88. The maximum atomic E-state index is 10.8. The molecule has 74 valence electrons. The second-order valence-corrected chi connectivity index (χ2v) is 5.71. The van der Waals surface area contributed by atoms with E-state index in [4.69, 9.17) is 0 Å². The molecule has 4 nitrogen and oxygen atoms in total. The van der Waals surface area contributed by atoms with Gasteiger partial charge in [0, 0.05) is 5.38 Å². The minimum absolute atomic E-state index is 0.325. The van der Waals surface area contributed by atoms with Crippen molar-refractivity contribution in [1.29, 1.82) is 0 Å². The molecule has 0 fully saturated rings. The van der Waals surface area contributed by atoms with E-state index in [-0.39, 0.29) is 0 Å². The summed E-state index contributed by atoms with van der Waals surface area (Å²) in [6, 6.07) is 0. The van der Waals surface area contributed by atoms with Crippen LogP contribution in [0.5, 0.6) is 0 Å². The lowest BCUT2D eigenvalue weighted by Gasteiger charge is -1.98. The molecule has 1 aromatic heterocycles. The molecule has 0 aliphatic rings. The summed E-state index contributed by atoms with van der Waals surface area (Å²) in [5.74, 6) is 0.325. The molecular formula is C7H12N2O2S2. The number of nitrogens with one attached hydrogen (secondary N) is 1. The number of anilines is 1. The van der Waals surface area contributed by atoms with Crippen molar-refractivity contribution in [2.75, 3.05) is 11.0 Å². The third kappa shape index (κ3) is 3.31. The molecule has 0 saturated carbocycles. The average molecular weight is 220 g/mol. The lowest BCUT2D eigenvalue weighted by Crippen LogP contribution is -2.09. The summed E-state index contributed by atoms with van der Waals surface area (Å²) in [5, 5.41) is 2.30. The number of nitrogens with zero attached hydrogens (tertiary/aromatic N) is 1. The highest BCUT2D eigenvalue weighted by Crippen LogP contribution is 2.21. The summed E-state index contributed by atoms with van der Waals surface area (Å²) in [4.78, 5) is 4.12. The van der Waals surface area contributed by atoms with Gasteiger partial charge in [-0.3, -0.25) is 4.72 Å². The van der Waals surface area contributed by atoms with Gasteiger partial charge in [0.2, 0.25) is 10.0 Å². The van der Waals surface area contributed by atoms with Gasteiger partial charge in [0.1, 0.15) is 0 Å². The first kappa shape index (κ1) is 10.5. The van der Waals surface area contributed by atoms with Crippen LogP contribution in [-0.4, -0.2) is 19.7 Å². The van der Waals surface area contributed by atoms with Gasteiger partial charge in [-0.2, -0.15) is 0 Å².